The third-order valence-electron chi connectivity index (χ3n) is 4.77. The number of nitrogens with zero attached hydrogens (tertiary/aromatic N) is 1. The Morgan fingerprint density at radius 2 is 1.58 bits per heavy atom. The second kappa shape index (κ2) is 9.17. The molecule has 0 radical (unpaired) electrons. The Balaban J connectivity index is 1.63. The average molecular weight is 414 g/mol. The minimum atomic E-state index is -0.253. The van der Waals surface area contributed by atoms with Crippen LogP contribution in [-0.2, 0) is 6.61 Å². The molecule has 4 rings (SSSR count). The zero-order valence-electron chi connectivity index (χ0n) is 17.3. The number of rotatable bonds is 7. The van der Waals surface area contributed by atoms with Crippen molar-refractivity contribution < 1.29 is 14.2 Å². The Hall–Kier alpha value is -4.06. The van der Waals surface area contributed by atoms with E-state index in [-0.39, 0.29) is 5.56 Å². The molecule has 0 aliphatic rings. The zero-order chi connectivity index (χ0) is 21.6. The van der Waals surface area contributed by atoms with E-state index in [4.69, 9.17) is 14.2 Å². The van der Waals surface area contributed by atoms with Gasteiger partial charge in [-0.1, -0.05) is 48.5 Å². The van der Waals surface area contributed by atoms with Crippen LogP contribution in [0.1, 0.15) is 16.8 Å². The van der Waals surface area contributed by atoms with Crippen LogP contribution >= 0.6 is 0 Å². The Kier molecular flexibility index (Phi) is 5.98. The number of fused-ring (bicyclic) bond motifs is 1. The quantitative estimate of drug-likeness (QED) is 0.475. The highest BCUT2D eigenvalue weighted by Crippen LogP contribution is 2.39. The summed E-state index contributed by atoms with van der Waals surface area (Å²) in [5.41, 5.74) is 3.32. The lowest BCUT2D eigenvalue weighted by atomic mass is 10.1. The fourth-order valence-corrected chi connectivity index (χ4v) is 3.20. The number of hydrogen-bond acceptors (Lipinski definition) is 5. The summed E-state index contributed by atoms with van der Waals surface area (Å²) < 4.78 is 17.0. The summed E-state index contributed by atoms with van der Waals surface area (Å²) in [6.45, 7) is 0.388. The standard InChI is InChI=1S/C25H22N2O4/c1-29-22-14-18(12-13-21-25(28)27-20-11-7-6-10-19(20)26-21)15-23(30-2)24(22)31-16-17-8-4-3-5-9-17/h3-15H,16H2,1-2H3,(H,27,28)/b13-12+. The van der Waals surface area contributed by atoms with Crippen molar-refractivity contribution in [1.82, 2.24) is 9.97 Å². The summed E-state index contributed by atoms with van der Waals surface area (Å²) in [4.78, 5) is 19.6. The van der Waals surface area contributed by atoms with E-state index < -0.39 is 0 Å². The lowest BCUT2D eigenvalue weighted by Gasteiger charge is -2.15. The maximum atomic E-state index is 12.3. The van der Waals surface area contributed by atoms with E-state index in [1.54, 1.807) is 26.4 Å². The number of H-pyrrole nitrogens is 1. The van der Waals surface area contributed by atoms with Gasteiger partial charge in [-0.15, -0.1) is 0 Å². The van der Waals surface area contributed by atoms with Crippen molar-refractivity contribution in [3.05, 3.63) is 93.9 Å². The second-order valence-electron chi connectivity index (χ2n) is 6.83. The molecule has 0 amide bonds. The van der Waals surface area contributed by atoms with E-state index in [0.717, 1.165) is 16.6 Å². The number of ether oxygens (including phenoxy) is 3. The summed E-state index contributed by atoms with van der Waals surface area (Å²) in [5.74, 6) is 1.60. The summed E-state index contributed by atoms with van der Waals surface area (Å²) in [6.07, 6.45) is 3.46. The topological polar surface area (TPSA) is 73.4 Å². The minimum absolute atomic E-state index is 0.253. The van der Waals surface area contributed by atoms with Crippen LogP contribution in [0, 0.1) is 0 Å². The van der Waals surface area contributed by atoms with Crippen LogP contribution in [0.5, 0.6) is 17.2 Å². The van der Waals surface area contributed by atoms with Crippen molar-refractivity contribution in [2.45, 2.75) is 6.61 Å². The second-order valence-corrected chi connectivity index (χ2v) is 6.83. The van der Waals surface area contributed by atoms with Gasteiger partial charge in [-0.3, -0.25) is 4.79 Å². The van der Waals surface area contributed by atoms with E-state index in [9.17, 15) is 4.79 Å². The minimum Gasteiger partial charge on any atom is -0.493 e. The van der Waals surface area contributed by atoms with Crippen LogP contribution in [-0.4, -0.2) is 24.2 Å². The van der Waals surface area contributed by atoms with Gasteiger partial charge in [0.25, 0.3) is 5.56 Å². The number of nitrogens with one attached hydrogen (secondary N) is 1. The van der Waals surface area contributed by atoms with Gasteiger partial charge in [-0.05, 0) is 41.5 Å². The third-order valence-corrected chi connectivity index (χ3v) is 4.77. The van der Waals surface area contributed by atoms with Crippen molar-refractivity contribution in [3.8, 4) is 17.2 Å². The molecular formula is C25H22N2O4. The van der Waals surface area contributed by atoms with Crippen LogP contribution in [0.25, 0.3) is 23.2 Å². The molecule has 4 aromatic rings. The van der Waals surface area contributed by atoms with Gasteiger partial charge in [0.05, 0.1) is 25.3 Å². The first-order valence-electron chi connectivity index (χ1n) is 9.78. The molecular weight excluding hydrogens is 392 g/mol. The Bertz CT molecular complexity index is 1250. The zero-order valence-corrected chi connectivity index (χ0v) is 17.3. The predicted molar refractivity (Wildman–Crippen MR) is 122 cm³/mol. The number of para-hydroxylation sites is 2. The van der Waals surface area contributed by atoms with Gasteiger partial charge < -0.3 is 19.2 Å². The number of aromatic amines is 1. The van der Waals surface area contributed by atoms with Crippen LogP contribution < -0.4 is 19.8 Å². The van der Waals surface area contributed by atoms with Gasteiger partial charge in [0, 0.05) is 0 Å². The van der Waals surface area contributed by atoms with Crippen molar-refractivity contribution in [2.75, 3.05) is 14.2 Å². The highest BCUT2D eigenvalue weighted by molar-refractivity contribution is 5.77. The number of methoxy groups -OCH3 is 2. The normalized spacial score (nSPS) is 11.0. The molecule has 0 saturated heterocycles. The van der Waals surface area contributed by atoms with Gasteiger partial charge in [-0.25, -0.2) is 4.98 Å². The highest BCUT2D eigenvalue weighted by Gasteiger charge is 2.14. The molecule has 31 heavy (non-hydrogen) atoms. The first-order chi connectivity index (χ1) is 15.2. The van der Waals surface area contributed by atoms with E-state index >= 15 is 0 Å². The van der Waals surface area contributed by atoms with Crippen molar-refractivity contribution in [2.24, 2.45) is 0 Å². The largest absolute Gasteiger partial charge is 0.493 e. The van der Waals surface area contributed by atoms with Gasteiger partial charge in [0.1, 0.15) is 12.3 Å². The molecule has 156 valence electrons. The maximum Gasteiger partial charge on any atom is 0.274 e. The van der Waals surface area contributed by atoms with Crippen LogP contribution in [0.3, 0.4) is 0 Å². The molecule has 6 heteroatoms. The van der Waals surface area contributed by atoms with Gasteiger partial charge >= 0.3 is 0 Å². The van der Waals surface area contributed by atoms with E-state index in [0.29, 0.717) is 35.1 Å². The van der Waals surface area contributed by atoms with Crippen molar-refractivity contribution in [1.29, 1.82) is 0 Å². The SMILES string of the molecule is COc1cc(/C=C/c2nc3ccccc3[nH]c2=O)cc(OC)c1OCc1ccccc1. The van der Waals surface area contributed by atoms with Gasteiger partial charge in [0.15, 0.2) is 11.5 Å². The monoisotopic (exact) mass is 414 g/mol. The van der Waals surface area contributed by atoms with Crippen LogP contribution in [0.2, 0.25) is 0 Å². The smallest absolute Gasteiger partial charge is 0.274 e. The van der Waals surface area contributed by atoms with Crippen molar-refractivity contribution >= 4 is 23.2 Å². The molecule has 0 fully saturated rings. The number of hydrogen-bond donors (Lipinski definition) is 1. The summed E-state index contributed by atoms with van der Waals surface area (Å²) in [6, 6.07) is 20.9. The van der Waals surface area contributed by atoms with Gasteiger partial charge in [0.2, 0.25) is 5.75 Å². The van der Waals surface area contributed by atoms with Crippen molar-refractivity contribution in [3.63, 3.8) is 0 Å². The molecule has 0 spiro atoms. The molecule has 6 nitrogen and oxygen atoms in total. The first kappa shape index (κ1) is 20.2. The molecule has 1 aromatic heterocycles. The molecule has 0 aliphatic heterocycles. The third kappa shape index (κ3) is 4.59. The molecule has 0 atom stereocenters. The highest BCUT2D eigenvalue weighted by atomic mass is 16.5. The first-order valence-corrected chi connectivity index (χ1v) is 9.78. The fraction of sp³-hybridized carbons (Fsp3) is 0.120. The lowest BCUT2D eigenvalue weighted by Crippen LogP contribution is -2.11. The Morgan fingerprint density at radius 3 is 2.29 bits per heavy atom. The summed E-state index contributed by atoms with van der Waals surface area (Å²) >= 11 is 0. The fourth-order valence-electron chi connectivity index (χ4n) is 3.20. The number of aromatic nitrogens is 2. The average Bonchev–Trinajstić information content (AvgIpc) is 2.81. The van der Waals surface area contributed by atoms with E-state index in [2.05, 4.69) is 9.97 Å². The Labute approximate surface area is 179 Å². The van der Waals surface area contributed by atoms with Crippen LogP contribution in [0.4, 0.5) is 0 Å². The molecule has 0 aliphatic carbocycles. The summed E-state index contributed by atoms with van der Waals surface area (Å²) in [7, 11) is 3.15. The number of benzene rings is 3. The molecule has 0 bridgehead atoms. The van der Waals surface area contributed by atoms with E-state index in [1.807, 2.05) is 66.7 Å². The molecule has 3 aromatic carbocycles. The Morgan fingerprint density at radius 1 is 0.903 bits per heavy atom. The van der Waals surface area contributed by atoms with Gasteiger partial charge in [-0.2, -0.15) is 0 Å². The van der Waals surface area contributed by atoms with E-state index in [1.165, 1.54) is 0 Å². The molecule has 1 heterocycles. The molecule has 1 N–H and O–H groups in total. The van der Waals surface area contributed by atoms with Crippen LogP contribution in [0.15, 0.2) is 71.5 Å². The molecule has 0 unspecified atom stereocenters. The molecule has 0 saturated carbocycles. The maximum absolute atomic E-state index is 12.3. The predicted octanol–water partition coefficient (Wildman–Crippen LogP) is 4.69. The summed E-state index contributed by atoms with van der Waals surface area (Å²) in [5, 5.41) is 0. The lowest BCUT2D eigenvalue weighted by molar-refractivity contribution is 0.266.